The van der Waals surface area contributed by atoms with Crippen molar-refractivity contribution >= 4 is 0 Å². The van der Waals surface area contributed by atoms with Gasteiger partial charge in [0.15, 0.2) is 0 Å². The Hall–Kier alpha value is -0.930. The first-order valence-electron chi connectivity index (χ1n) is 4.18. The van der Waals surface area contributed by atoms with Crippen molar-refractivity contribution in [2.24, 2.45) is 5.73 Å². The van der Waals surface area contributed by atoms with Crippen LogP contribution in [0.5, 0.6) is 0 Å². The van der Waals surface area contributed by atoms with Gasteiger partial charge in [-0.3, -0.25) is 0 Å². The Bertz CT molecular complexity index is 286. The van der Waals surface area contributed by atoms with Crippen molar-refractivity contribution in [1.29, 1.82) is 0 Å². The van der Waals surface area contributed by atoms with E-state index in [-0.39, 0.29) is 11.9 Å². The highest BCUT2D eigenvalue weighted by molar-refractivity contribution is 5.29. The molecular formula is C10H14FNO. The molecule has 0 amide bonds. The highest BCUT2D eigenvalue weighted by atomic mass is 19.1. The second-order valence-corrected chi connectivity index (χ2v) is 3.06. The van der Waals surface area contributed by atoms with E-state index in [9.17, 15) is 4.39 Å². The Kier molecular flexibility index (Phi) is 3.39. The Morgan fingerprint density at radius 2 is 2.23 bits per heavy atom. The maximum atomic E-state index is 12.8. The number of halogens is 1. The third-order valence-electron chi connectivity index (χ3n) is 1.90. The molecule has 0 radical (unpaired) electrons. The quantitative estimate of drug-likeness (QED) is 0.777. The van der Waals surface area contributed by atoms with Crippen LogP contribution in [0, 0.1) is 5.82 Å². The van der Waals surface area contributed by atoms with E-state index in [0.717, 1.165) is 11.1 Å². The van der Waals surface area contributed by atoms with Crippen LogP contribution in [-0.2, 0) is 11.3 Å². The second-order valence-electron chi connectivity index (χ2n) is 3.06. The molecule has 1 unspecified atom stereocenters. The summed E-state index contributed by atoms with van der Waals surface area (Å²) in [5.41, 5.74) is 7.47. The van der Waals surface area contributed by atoms with Gasteiger partial charge in [0.1, 0.15) is 5.82 Å². The number of methoxy groups -OCH3 is 1. The fourth-order valence-electron chi connectivity index (χ4n) is 1.30. The molecule has 2 nitrogen and oxygen atoms in total. The van der Waals surface area contributed by atoms with E-state index in [1.165, 1.54) is 12.1 Å². The standard InChI is InChI=1S/C10H14FNO/c1-7(12)10-4-3-9(11)5-8(10)6-13-2/h3-5,7H,6,12H2,1-2H3. The number of benzene rings is 1. The molecule has 2 N–H and O–H groups in total. The summed E-state index contributed by atoms with van der Waals surface area (Å²) in [7, 11) is 1.58. The van der Waals surface area contributed by atoms with Gasteiger partial charge in [-0.1, -0.05) is 6.07 Å². The molecule has 0 saturated heterocycles. The number of rotatable bonds is 3. The van der Waals surface area contributed by atoms with Crippen LogP contribution in [0.15, 0.2) is 18.2 Å². The molecule has 3 heteroatoms. The van der Waals surface area contributed by atoms with Gasteiger partial charge in [-0.15, -0.1) is 0 Å². The average Bonchev–Trinajstić information content (AvgIpc) is 2.04. The number of nitrogens with two attached hydrogens (primary N) is 1. The van der Waals surface area contributed by atoms with Gasteiger partial charge in [0.2, 0.25) is 0 Å². The Morgan fingerprint density at radius 1 is 1.54 bits per heavy atom. The van der Waals surface area contributed by atoms with Gasteiger partial charge in [0.05, 0.1) is 6.61 Å². The van der Waals surface area contributed by atoms with Crippen LogP contribution >= 0.6 is 0 Å². The van der Waals surface area contributed by atoms with Crippen molar-refractivity contribution in [2.45, 2.75) is 19.6 Å². The molecular weight excluding hydrogens is 169 g/mol. The van der Waals surface area contributed by atoms with E-state index < -0.39 is 0 Å². The zero-order valence-corrected chi connectivity index (χ0v) is 7.88. The zero-order chi connectivity index (χ0) is 9.84. The summed E-state index contributed by atoms with van der Waals surface area (Å²) in [5.74, 6) is -0.253. The van der Waals surface area contributed by atoms with Crippen molar-refractivity contribution in [3.63, 3.8) is 0 Å². The molecule has 0 aliphatic carbocycles. The molecule has 0 saturated carbocycles. The van der Waals surface area contributed by atoms with E-state index in [1.807, 2.05) is 6.92 Å². The Labute approximate surface area is 77.5 Å². The minimum atomic E-state index is -0.253. The molecule has 13 heavy (non-hydrogen) atoms. The third kappa shape index (κ3) is 2.50. The van der Waals surface area contributed by atoms with Crippen molar-refractivity contribution in [3.8, 4) is 0 Å². The summed E-state index contributed by atoms with van der Waals surface area (Å²) < 4.78 is 17.8. The van der Waals surface area contributed by atoms with Crippen molar-refractivity contribution in [1.82, 2.24) is 0 Å². The lowest BCUT2D eigenvalue weighted by Gasteiger charge is -2.11. The summed E-state index contributed by atoms with van der Waals surface area (Å²) in [5, 5.41) is 0. The lowest BCUT2D eigenvalue weighted by molar-refractivity contribution is 0.183. The van der Waals surface area contributed by atoms with Crippen molar-refractivity contribution in [2.75, 3.05) is 7.11 Å². The fourth-order valence-corrected chi connectivity index (χ4v) is 1.30. The maximum Gasteiger partial charge on any atom is 0.123 e. The van der Waals surface area contributed by atoms with Crippen LogP contribution in [-0.4, -0.2) is 7.11 Å². The van der Waals surface area contributed by atoms with Gasteiger partial charge in [0.25, 0.3) is 0 Å². The van der Waals surface area contributed by atoms with Gasteiger partial charge >= 0.3 is 0 Å². The van der Waals surface area contributed by atoms with Gasteiger partial charge in [0, 0.05) is 13.2 Å². The highest BCUT2D eigenvalue weighted by Crippen LogP contribution is 2.17. The van der Waals surface area contributed by atoms with E-state index >= 15 is 0 Å². The van der Waals surface area contributed by atoms with Crippen molar-refractivity contribution in [3.05, 3.63) is 35.1 Å². The summed E-state index contributed by atoms with van der Waals surface area (Å²) in [6.07, 6.45) is 0. The lowest BCUT2D eigenvalue weighted by atomic mass is 10.0. The van der Waals surface area contributed by atoms with E-state index in [2.05, 4.69) is 0 Å². The van der Waals surface area contributed by atoms with Gasteiger partial charge in [-0.2, -0.15) is 0 Å². The van der Waals surface area contributed by atoms with Crippen LogP contribution in [0.3, 0.4) is 0 Å². The summed E-state index contributed by atoms with van der Waals surface area (Å²) in [4.78, 5) is 0. The number of hydrogen-bond donors (Lipinski definition) is 1. The molecule has 0 bridgehead atoms. The lowest BCUT2D eigenvalue weighted by Crippen LogP contribution is -2.09. The summed E-state index contributed by atoms with van der Waals surface area (Å²) in [6.45, 7) is 2.26. The van der Waals surface area contributed by atoms with Gasteiger partial charge in [-0.25, -0.2) is 4.39 Å². The van der Waals surface area contributed by atoms with Crippen LogP contribution < -0.4 is 5.73 Å². The summed E-state index contributed by atoms with van der Waals surface area (Å²) >= 11 is 0. The van der Waals surface area contributed by atoms with Gasteiger partial charge < -0.3 is 10.5 Å². The smallest absolute Gasteiger partial charge is 0.123 e. The topological polar surface area (TPSA) is 35.2 Å². The largest absolute Gasteiger partial charge is 0.380 e. The molecule has 1 aromatic carbocycles. The molecule has 0 aliphatic rings. The SMILES string of the molecule is COCc1cc(F)ccc1C(C)N. The van der Waals surface area contributed by atoms with Crippen LogP contribution in [0.2, 0.25) is 0 Å². The first kappa shape index (κ1) is 10.2. The zero-order valence-electron chi connectivity index (χ0n) is 7.88. The van der Waals surface area contributed by atoms with E-state index in [1.54, 1.807) is 13.2 Å². The van der Waals surface area contributed by atoms with E-state index in [0.29, 0.717) is 6.61 Å². The minimum absolute atomic E-state index is 0.0919. The van der Waals surface area contributed by atoms with Crippen LogP contribution in [0.25, 0.3) is 0 Å². The molecule has 0 aliphatic heterocycles. The predicted octanol–water partition coefficient (Wildman–Crippen LogP) is 1.99. The second kappa shape index (κ2) is 4.35. The molecule has 1 atom stereocenters. The summed E-state index contributed by atoms with van der Waals surface area (Å²) in [6, 6.07) is 4.49. The minimum Gasteiger partial charge on any atom is -0.380 e. The first-order chi connectivity index (χ1) is 6.15. The van der Waals surface area contributed by atoms with Crippen molar-refractivity contribution < 1.29 is 9.13 Å². The number of hydrogen-bond acceptors (Lipinski definition) is 2. The normalized spacial score (nSPS) is 12.9. The molecule has 1 rings (SSSR count). The predicted molar refractivity (Wildman–Crippen MR) is 49.7 cm³/mol. The third-order valence-corrected chi connectivity index (χ3v) is 1.90. The molecule has 0 aromatic heterocycles. The average molecular weight is 183 g/mol. The van der Waals surface area contributed by atoms with E-state index in [4.69, 9.17) is 10.5 Å². The fraction of sp³-hybridized carbons (Fsp3) is 0.400. The van der Waals surface area contributed by atoms with Crippen LogP contribution in [0.1, 0.15) is 24.1 Å². The van der Waals surface area contributed by atoms with Gasteiger partial charge in [-0.05, 0) is 30.2 Å². The molecule has 0 fully saturated rings. The first-order valence-corrected chi connectivity index (χ1v) is 4.18. The molecule has 1 aromatic rings. The molecule has 0 spiro atoms. The monoisotopic (exact) mass is 183 g/mol. The molecule has 0 heterocycles. The maximum absolute atomic E-state index is 12.8. The highest BCUT2D eigenvalue weighted by Gasteiger charge is 2.07. The Morgan fingerprint density at radius 3 is 2.77 bits per heavy atom. The Balaban J connectivity index is 3.03. The number of ether oxygens (including phenoxy) is 1. The van der Waals surface area contributed by atoms with Crippen LogP contribution in [0.4, 0.5) is 4.39 Å². The molecule has 72 valence electrons.